The van der Waals surface area contributed by atoms with Gasteiger partial charge in [0, 0.05) is 19.3 Å². The van der Waals surface area contributed by atoms with E-state index in [1.54, 1.807) is 11.1 Å². The molecule has 1 unspecified atom stereocenters. The van der Waals surface area contributed by atoms with Gasteiger partial charge in [0.1, 0.15) is 0 Å². The second kappa shape index (κ2) is 3.84. The maximum absolute atomic E-state index is 11.4. The van der Waals surface area contributed by atoms with Gasteiger partial charge >= 0.3 is 0 Å². The van der Waals surface area contributed by atoms with Crippen LogP contribution in [0.5, 0.6) is 0 Å². The third-order valence-corrected chi connectivity index (χ3v) is 2.52. The van der Waals surface area contributed by atoms with Crippen molar-refractivity contribution in [2.24, 2.45) is 0 Å². The lowest BCUT2D eigenvalue weighted by Crippen LogP contribution is -2.05. The van der Waals surface area contributed by atoms with Crippen molar-refractivity contribution >= 4 is 11.1 Å². The van der Waals surface area contributed by atoms with E-state index in [1.807, 2.05) is 6.07 Å². The number of pyridine rings is 1. The highest BCUT2D eigenvalue weighted by Crippen LogP contribution is 2.12. The number of hydrogen-bond donors (Lipinski definition) is 0. The number of rotatable bonds is 3. The molecule has 14 heavy (non-hydrogen) atoms. The number of nitrogens with zero attached hydrogens (tertiary/aromatic N) is 3. The molecule has 0 aliphatic carbocycles. The molecular formula is C8H7N3O2S. The van der Waals surface area contributed by atoms with Gasteiger partial charge in [-0.2, -0.15) is 14.6 Å². The van der Waals surface area contributed by atoms with Crippen LogP contribution in [0.1, 0.15) is 5.56 Å². The average Bonchev–Trinajstić information content (AvgIpc) is 3.02. The summed E-state index contributed by atoms with van der Waals surface area (Å²) in [5, 5.41) is 10.5. The van der Waals surface area contributed by atoms with Gasteiger partial charge in [-0.05, 0) is 12.1 Å². The molecule has 0 spiro atoms. The van der Waals surface area contributed by atoms with E-state index in [9.17, 15) is 4.21 Å². The SMILES string of the molecule is N#Cc1ccnc(S(=O)ON2CC2)c1. The third kappa shape index (κ3) is 2.14. The maximum atomic E-state index is 11.4. The summed E-state index contributed by atoms with van der Waals surface area (Å²) in [5.41, 5.74) is 0.428. The highest BCUT2D eigenvalue weighted by atomic mass is 32.2. The Labute approximate surface area is 83.5 Å². The minimum atomic E-state index is -1.60. The van der Waals surface area contributed by atoms with E-state index in [0.717, 1.165) is 13.1 Å². The molecule has 2 heterocycles. The summed E-state index contributed by atoms with van der Waals surface area (Å²) in [7, 11) is 0. The Balaban J connectivity index is 2.14. The van der Waals surface area contributed by atoms with Gasteiger partial charge in [-0.15, -0.1) is 0 Å². The summed E-state index contributed by atoms with van der Waals surface area (Å²) in [5.74, 6) is 0. The Kier molecular flexibility index (Phi) is 2.54. The Morgan fingerprint density at radius 3 is 3.07 bits per heavy atom. The van der Waals surface area contributed by atoms with Crippen LogP contribution >= 0.6 is 0 Å². The number of hydroxylamine groups is 2. The monoisotopic (exact) mass is 209 g/mol. The quantitative estimate of drug-likeness (QED) is 0.666. The first-order chi connectivity index (χ1) is 6.79. The normalized spacial score (nSPS) is 17.4. The van der Waals surface area contributed by atoms with E-state index in [1.165, 1.54) is 12.3 Å². The molecule has 0 N–H and O–H groups in total. The molecule has 1 aliphatic heterocycles. The molecule has 0 amide bonds. The fourth-order valence-corrected chi connectivity index (χ4v) is 1.61. The summed E-state index contributed by atoms with van der Waals surface area (Å²) in [4.78, 5) is 3.87. The van der Waals surface area contributed by atoms with Gasteiger partial charge < -0.3 is 0 Å². The summed E-state index contributed by atoms with van der Waals surface area (Å²) in [6, 6.07) is 4.96. The molecule has 0 saturated carbocycles. The van der Waals surface area contributed by atoms with E-state index >= 15 is 0 Å². The molecule has 0 aromatic carbocycles. The first-order valence-electron chi connectivity index (χ1n) is 4.01. The minimum absolute atomic E-state index is 0.274. The fraction of sp³-hybridized carbons (Fsp3) is 0.250. The summed E-state index contributed by atoms with van der Waals surface area (Å²) in [6.45, 7) is 1.59. The van der Waals surface area contributed by atoms with Crippen LogP contribution in [0.3, 0.4) is 0 Å². The first-order valence-corrected chi connectivity index (χ1v) is 5.08. The summed E-state index contributed by atoms with van der Waals surface area (Å²) >= 11 is -1.60. The molecule has 1 aromatic heterocycles. The van der Waals surface area contributed by atoms with Crippen molar-refractivity contribution in [3.63, 3.8) is 0 Å². The Morgan fingerprint density at radius 2 is 2.43 bits per heavy atom. The summed E-state index contributed by atoms with van der Waals surface area (Å²) < 4.78 is 16.4. The van der Waals surface area contributed by atoms with E-state index in [-0.39, 0.29) is 5.03 Å². The molecule has 1 saturated heterocycles. The number of aromatic nitrogens is 1. The predicted octanol–water partition coefficient (Wildman–Crippen LogP) is 0.223. The average molecular weight is 209 g/mol. The second-order valence-electron chi connectivity index (χ2n) is 2.73. The van der Waals surface area contributed by atoms with Gasteiger partial charge in [-0.3, -0.25) is 0 Å². The molecule has 1 fully saturated rings. The van der Waals surface area contributed by atoms with Crippen molar-refractivity contribution in [3.8, 4) is 6.07 Å². The van der Waals surface area contributed by atoms with Gasteiger partial charge in [0.25, 0.3) is 0 Å². The van der Waals surface area contributed by atoms with Crippen molar-refractivity contribution < 1.29 is 8.49 Å². The zero-order valence-electron chi connectivity index (χ0n) is 7.21. The molecule has 1 aromatic rings. The van der Waals surface area contributed by atoms with Crippen LogP contribution in [-0.2, 0) is 15.4 Å². The van der Waals surface area contributed by atoms with Crippen LogP contribution in [-0.4, -0.2) is 27.3 Å². The van der Waals surface area contributed by atoms with Crippen molar-refractivity contribution in [1.82, 2.24) is 10.0 Å². The van der Waals surface area contributed by atoms with E-state index in [2.05, 4.69) is 4.98 Å². The first kappa shape index (κ1) is 9.27. The zero-order chi connectivity index (χ0) is 9.97. The lowest BCUT2D eigenvalue weighted by atomic mass is 10.3. The topological polar surface area (TPSA) is 66.0 Å². The van der Waals surface area contributed by atoms with E-state index in [4.69, 9.17) is 9.55 Å². The van der Waals surface area contributed by atoms with Gasteiger partial charge in [0.2, 0.25) is 11.1 Å². The highest BCUT2D eigenvalue weighted by Gasteiger charge is 2.22. The van der Waals surface area contributed by atoms with Crippen molar-refractivity contribution in [3.05, 3.63) is 23.9 Å². The lowest BCUT2D eigenvalue weighted by molar-refractivity contribution is 0.0899. The standard InChI is InChI=1S/C8H7N3O2S/c9-6-7-1-2-10-8(5-7)14(12)13-11-3-4-11/h1-2,5H,3-4H2. The van der Waals surface area contributed by atoms with Gasteiger partial charge in [-0.1, -0.05) is 0 Å². The van der Waals surface area contributed by atoms with Crippen molar-refractivity contribution in [2.45, 2.75) is 5.03 Å². The van der Waals surface area contributed by atoms with Gasteiger partial charge in [-0.25, -0.2) is 9.19 Å². The Hall–Kier alpha value is -1.29. The highest BCUT2D eigenvalue weighted by molar-refractivity contribution is 7.80. The predicted molar refractivity (Wildman–Crippen MR) is 48.0 cm³/mol. The van der Waals surface area contributed by atoms with Crippen LogP contribution in [0.25, 0.3) is 0 Å². The molecule has 1 aliphatic rings. The van der Waals surface area contributed by atoms with Gasteiger partial charge in [0.15, 0.2) is 5.03 Å². The van der Waals surface area contributed by atoms with Crippen molar-refractivity contribution in [1.29, 1.82) is 5.26 Å². The van der Waals surface area contributed by atoms with E-state index in [0.29, 0.717) is 5.56 Å². The fourth-order valence-electron chi connectivity index (χ4n) is 0.819. The largest absolute Gasteiger partial charge is 0.245 e. The van der Waals surface area contributed by atoms with Crippen molar-refractivity contribution in [2.75, 3.05) is 13.1 Å². The van der Waals surface area contributed by atoms with Crippen LogP contribution < -0.4 is 0 Å². The van der Waals surface area contributed by atoms with Gasteiger partial charge in [0.05, 0.1) is 11.6 Å². The lowest BCUT2D eigenvalue weighted by Gasteiger charge is -2.00. The molecule has 72 valence electrons. The van der Waals surface area contributed by atoms with Crippen LogP contribution in [0.15, 0.2) is 23.4 Å². The molecule has 2 rings (SSSR count). The third-order valence-electron chi connectivity index (χ3n) is 1.61. The number of nitriles is 1. The second-order valence-corrected chi connectivity index (χ2v) is 3.77. The van der Waals surface area contributed by atoms with Crippen LogP contribution in [0, 0.1) is 11.3 Å². The molecule has 1 atom stereocenters. The molecule has 0 bridgehead atoms. The molecular weight excluding hydrogens is 202 g/mol. The van der Waals surface area contributed by atoms with E-state index < -0.39 is 11.1 Å². The summed E-state index contributed by atoms with van der Waals surface area (Å²) in [6.07, 6.45) is 1.44. The Morgan fingerprint density at radius 1 is 1.64 bits per heavy atom. The van der Waals surface area contributed by atoms with Crippen LogP contribution in [0.4, 0.5) is 0 Å². The zero-order valence-corrected chi connectivity index (χ0v) is 8.03. The molecule has 6 heteroatoms. The minimum Gasteiger partial charge on any atom is -0.245 e. The smallest absolute Gasteiger partial charge is 0.225 e. The maximum Gasteiger partial charge on any atom is 0.225 e. The molecule has 0 radical (unpaired) electrons. The Bertz CT molecular complexity index is 411. The molecule has 5 nitrogen and oxygen atoms in total. The van der Waals surface area contributed by atoms with Crippen LogP contribution in [0.2, 0.25) is 0 Å². The number of hydrogen-bond acceptors (Lipinski definition) is 5.